The molecule has 0 atom stereocenters. The first-order valence-corrected chi connectivity index (χ1v) is 6.30. The molecular formula is C14H16N2O4. The molecule has 0 amide bonds. The number of nitrogens with zero attached hydrogens (tertiary/aromatic N) is 2. The molecule has 106 valence electrons. The number of aryl methyl sites for hydroxylation is 3. The molecule has 0 spiro atoms. The Morgan fingerprint density at radius 3 is 2.60 bits per heavy atom. The maximum absolute atomic E-state index is 10.3. The lowest BCUT2D eigenvalue weighted by Crippen LogP contribution is -2.06. The van der Waals surface area contributed by atoms with Gasteiger partial charge in [0, 0.05) is 6.42 Å². The molecule has 6 nitrogen and oxygen atoms in total. The van der Waals surface area contributed by atoms with Crippen molar-refractivity contribution in [2.45, 2.75) is 26.4 Å². The van der Waals surface area contributed by atoms with Gasteiger partial charge in [0.1, 0.15) is 13.2 Å². The molecule has 1 N–H and O–H groups in total. The van der Waals surface area contributed by atoms with Gasteiger partial charge in [-0.05, 0) is 18.9 Å². The van der Waals surface area contributed by atoms with Crippen molar-refractivity contribution in [3.05, 3.63) is 47.2 Å². The number of aliphatic carboxylic acids is 1. The first-order valence-electron chi connectivity index (χ1n) is 6.30. The predicted octanol–water partition coefficient (Wildman–Crippen LogP) is 1.76. The van der Waals surface area contributed by atoms with Gasteiger partial charge in [0.15, 0.2) is 0 Å². The molecule has 2 aromatic rings. The molecule has 6 heteroatoms. The van der Waals surface area contributed by atoms with E-state index in [9.17, 15) is 4.79 Å². The van der Waals surface area contributed by atoms with Crippen molar-refractivity contribution < 1.29 is 19.1 Å². The molecule has 0 radical (unpaired) electrons. The van der Waals surface area contributed by atoms with Crippen molar-refractivity contribution in [1.29, 1.82) is 0 Å². The fourth-order valence-electron chi connectivity index (χ4n) is 1.68. The quantitative estimate of drug-likeness (QED) is 0.829. The number of carboxylic acids is 1. The van der Waals surface area contributed by atoms with Crippen molar-refractivity contribution in [3.63, 3.8) is 0 Å². The Hall–Kier alpha value is -2.21. The number of benzene rings is 1. The Kier molecular flexibility index (Phi) is 4.84. The second kappa shape index (κ2) is 6.81. The number of rotatable bonds is 7. The smallest absolute Gasteiger partial charge is 0.329 e. The molecule has 0 unspecified atom stereocenters. The summed E-state index contributed by atoms with van der Waals surface area (Å²) in [5.41, 5.74) is 2.43. The van der Waals surface area contributed by atoms with E-state index in [0.717, 1.165) is 6.42 Å². The highest BCUT2D eigenvalue weighted by molar-refractivity contribution is 5.67. The molecule has 0 fully saturated rings. The lowest BCUT2D eigenvalue weighted by molar-refractivity contribution is -0.142. The molecule has 1 heterocycles. The molecule has 0 aliphatic heterocycles. The summed E-state index contributed by atoms with van der Waals surface area (Å²) in [4.78, 5) is 10.3. The third kappa shape index (κ3) is 4.47. The van der Waals surface area contributed by atoms with Crippen LogP contribution in [0.2, 0.25) is 0 Å². The van der Waals surface area contributed by atoms with Gasteiger partial charge < -0.3 is 14.3 Å². The van der Waals surface area contributed by atoms with Gasteiger partial charge in [-0.1, -0.05) is 29.8 Å². The van der Waals surface area contributed by atoms with E-state index in [0.29, 0.717) is 18.2 Å². The van der Waals surface area contributed by atoms with Crippen LogP contribution in [0.5, 0.6) is 0 Å². The van der Waals surface area contributed by atoms with Crippen LogP contribution in [0.3, 0.4) is 0 Å². The van der Waals surface area contributed by atoms with Crippen molar-refractivity contribution in [2.24, 2.45) is 0 Å². The Balaban J connectivity index is 1.80. The number of carboxylic acid groups (broad SMARTS) is 1. The molecule has 0 bridgehead atoms. The van der Waals surface area contributed by atoms with E-state index >= 15 is 0 Å². The van der Waals surface area contributed by atoms with Gasteiger partial charge in [-0.25, -0.2) is 4.79 Å². The Labute approximate surface area is 116 Å². The summed E-state index contributed by atoms with van der Waals surface area (Å²) < 4.78 is 10.2. The van der Waals surface area contributed by atoms with Crippen molar-refractivity contribution in [2.75, 3.05) is 6.61 Å². The van der Waals surface area contributed by atoms with Crippen molar-refractivity contribution in [1.82, 2.24) is 10.2 Å². The van der Waals surface area contributed by atoms with Crippen LogP contribution >= 0.6 is 0 Å². The molecule has 2 rings (SSSR count). The van der Waals surface area contributed by atoms with Crippen molar-refractivity contribution in [3.8, 4) is 0 Å². The second-order valence-corrected chi connectivity index (χ2v) is 4.46. The minimum Gasteiger partial charge on any atom is -0.480 e. The average molecular weight is 276 g/mol. The fraction of sp³-hybridized carbons (Fsp3) is 0.357. The molecular weight excluding hydrogens is 260 g/mol. The van der Waals surface area contributed by atoms with Crippen molar-refractivity contribution >= 4 is 5.97 Å². The standard InChI is InChI=1S/C14H16N2O4/c1-10-2-4-11(5-3-10)6-7-12-15-16-13(20-12)8-19-9-14(17)18/h2-5H,6-9H2,1H3,(H,17,18). The SMILES string of the molecule is Cc1ccc(CCc2nnc(COCC(=O)O)o2)cc1. The summed E-state index contributed by atoms with van der Waals surface area (Å²) in [6.45, 7) is 1.69. The maximum Gasteiger partial charge on any atom is 0.329 e. The van der Waals surface area contributed by atoms with Crippen LogP contribution in [0.25, 0.3) is 0 Å². The summed E-state index contributed by atoms with van der Waals surface area (Å²) in [6, 6.07) is 8.27. The van der Waals surface area contributed by atoms with Gasteiger partial charge >= 0.3 is 5.97 Å². The van der Waals surface area contributed by atoms with Crippen LogP contribution < -0.4 is 0 Å². The summed E-state index contributed by atoms with van der Waals surface area (Å²) in [6.07, 6.45) is 1.47. The van der Waals surface area contributed by atoms with E-state index in [1.54, 1.807) is 0 Å². The van der Waals surface area contributed by atoms with Crippen LogP contribution in [0.15, 0.2) is 28.7 Å². The van der Waals surface area contributed by atoms with E-state index in [1.807, 2.05) is 6.92 Å². The first kappa shape index (κ1) is 14.2. The van der Waals surface area contributed by atoms with Crippen LogP contribution in [0.4, 0.5) is 0 Å². The largest absolute Gasteiger partial charge is 0.480 e. The maximum atomic E-state index is 10.3. The summed E-state index contributed by atoms with van der Waals surface area (Å²) >= 11 is 0. The highest BCUT2D eigenvalue weighted by Crippen LogP contribution is 2.08. The average Bonchev–Trinajstić information content (AvgIpc) is 2.86. The Morgan fingerprint density at radius 1 is 1.20 bits per heavy atom. The molecule has 0 aliphatic rings. The molecule has 0 saturated carbocycles. The minimum atomic E-state index is -1.02. The highest BCUT2D eigenvalue weighted by Gasteiger charge is 2.07. The molecule has 0 aliphatic carbocycles. The lowest BCUT2D eigenvalue weighted by Gasteiger charge is -1.99. The lowest BCUT2D eigenvalue weighted by atomic mass is 10.1. The zero-order valence-electron chi connectivity index (χ0n) is 11.2. The normalized spacial score (nSPS) is 10.7. The second-order valence-electron chi connectivity index (χ2n) is 4.46. The topological polar surface area (TPSA) is 85.5 Å². The number of hydrogen-bond acceptors (Lipinski definition) is 5. The Morgan fingerprint density at radius 2 is 1.90 bits per heavy atom. The summed E-state index contributed by atoms with van der Waals surface area (Å²) in [5.74, 6) is -0.200. The van der Waals surface area contributed by atoms with Crippen LogP contribution in [0.1, 0.15) is 22.9 Å². The summed E-state index contributed by atoms with van der Waals surface area (Å²) in [5, 5.41) is 16.1. The van der Waals surface area contributed by atoms with Crippen LogP contribution in [0, 0.1) is 6.92 Å². The van der Waals surface area contributed by atoms with E-state index < -0.39 is 5.97 Å². The first-order chi connectivity index (χ1) is 9.63. The fourth-order valence-corrected chi connectivity index (χ4v) is 1.68. The van der Waals surface area contributed by atoms with E-state index in [4.69, 9.17) is 14.3 Å². The van der Waals surface area contributed by atoms with Gasteiger partial charge in [-0.2, -0.15) is 0 Å². The molecule has 0 saturated heterocycles. The van der Waals surface area contributed by atoms with Gasteiger partial charge in [0.05, 0.1) is 0 Å². The predicted molar refractivity (Wildman–Crippen MR) is 70.2 cm³/mol. The Bertz CT molecular complexity index is 563. The third-order valence-electron chi connectivity index (χ3n) is 2.71. The van der Waals surface area contributed by atoms with Crippen LogP contribution in [-0.2, 0) is 29.0 Å². The monoisotopic (exact) mass is 276 g/mol. The molecule has 1 aromatic carbocycles. The zero-order chi connectivity index (χ0) is 14.4. The molecule has 20 heavy (non-hydrogen) atoms. The number of aromatic nitrogens is 2. The van der Waals surface area contributed by atoms with E-state index in [1.165, 1.54) is 11.1 Å². The van der Waals surface area contributed by atoms with Gasteiger partial charge in [-0.15, -0.1) is 10.2 Å². The number of ether oxygens (including phenoxy) is 1. The molecule has 1 aromatic heterocycles. The number of hydrogen-bond donors (Lipinski definition) is 1. The summed E-state index contributed by atoms with van der Waals surface area (Å²) in [7, 11) is 0. The highest BCUT2D eigenvalue weighted by atomic mass is 16.5. The van der Waals surface area contributed by atoms with Gasteiger partial charge in [0.25, 0.3) is 0 Å². The zero-order valence-corrected chi connectivity index (χ0v) is 11.2. The van der Waals surface area contributed by atoms with Gasteiger partial charge in [-0.3, -0.25) is 0 Å². The van der Waals surface area contributed by atoms with Crippen LogP contribution in [-0.4, -0.2) is 27.9 Å². The van der Waals surface area contributed by atoms with Gasteiger partial charge in [0.2, 0.25) is 11.8 Å². The third-order valence-corrected chi connectivity index (χ3v) is 2.71. The number of carbonyl (C=O) groups is 1. The minimum absolute atomic E-state index is 0.0177. The van der Waals surface area contributed by atoms with E-state index in [2.05, 4.69) is 34.5 Å². The van der Waals surface area contributed by atoms with E-state index in [-0.39, 0.29) is 13.2 Å².